The highest BCUT2D eigenvalue weighted by Crippen LogP contribution is 2.21. The molecule has 6 nitrogen and oxygen atoms in total. The molecule has 1 N–H and O–H groups in total. The Morgan fingerprint density at radius 1 is 1.07 bits per heavy atom. The Balaban J connectivity index is 1.61. The molecule has 144 valence electrons. The van der Waals surface area contributed by atoms with Crippen molar-refractivity contribution in [3.8, 4) is 0 Å². The second-order valence-electron chi connectivity index (χ2n) is 5.91. The molecule has 2 rings (SSSR count). The first-order chi connectivity index (χ1) is 12.9. The van der Waals surface area contributed by atoms with Gasteiger partial charge in [0.25, 0.3) is 0 Å². The molecule has 0 aliphatic heterocycles. The number of esters is 1. The van der Waals surface area contributed by atoms with Gasteiger partial charge in [0.05, 0.1) is 11.3 Å². The van der Waals surface area contributed by atoms with Crippen LogP contribution in [0.3, 0.4) is 0 Å². The molecule has 0 aliphatic rings. The smallest absolute Gasteiger partial charge is 0.308 e. The Morgan fingerprint density at radius 3 is 2.48 bits per heavy atom. The van der Waals surface area contributed by atoms with E-state index in [1.54, 1.807) is 18.2 Å². The van der Waals surface area contributed by atoms with E-state index in [0.717, 1.165) is 9.75 Å². The van der Waals surface area contributed by atoms with E-state index in [1.165, 1.54) is 22.7 Å². The third-order valence-electron chi connectivity index (χ3n) is 3.73. The van der Waals surface area contributed by atoms with Crippen LogP contribution in [0.2, 0.25) is 0 Å². The molecule has 0 fully saturated rings. The van der Waals surface area contributed by atoms with Gasteiger partial charge in [-0.25, -0.2) is 0 Å². The number of amides is 1. The Morgan fingerprint density at radius 2 is 1.85 bits per heavy atom. The van der Waals surface area contributed by atoms with E-state index in [-0.39, 0.29) is 49.9 Å². The Hall–Kier alpha value is -2.32. The van der Waals surface area contributed by atoms with Crippen LogP contribution in [0.5, 0.6) is 0 Å². The monoisotopic (exact) mass is 407 g/mol. The van der Waals surface area contributed by atoms with Gasteiger partial charge in [-0.05, 0) is 31.4 Å². The summed E-state index contributed by atoms with van der Waals surface area (Å²) in [6, 6.07) is 5.30. The van der Waals surface area contributed by atoms with Crippen molar-refractivity contribution < 1.29 is 23.9 Å². The number of carbonyl (C=O) groups is 4. The molecule has 0 saturated carbocycles. The molecule has 0 unspecified atom stereocenters. The highest BCUT2D eigenvalue weighted by molar-refractivity contribution is 7.12. The number of ketones is 2. The van der Waals surface area contributed by atoms with Crippen molar-refractivity contribution in [2.24, 2.45) is 0 Å². The molecule has 0 atom stereocenters. The molecule has 0 aromatic carbocycles. The highest BCUT2D eigenvalue weighted by Gasteiger charge is 2.15. The van der Waals surface area contributed by atoms with Crippen LogP contribution in [-0.2, 0) is 14.3 Å². The van der Waals surface area contributed by atoms with Crippen molar-refractivity contribution in [1.29, 1.82) is 0 Å². The second kappa shape index (κ2) is 10.1. The van der Waals surface area contributed by atoms with Crippen molar-refractivity contribution in [2.75, 3.05) is 13.2 Å². The first kappa shape index (κ1) is 21.0. The fourth-order valence-corrected chi connectivity index (χ4v) is 4.02. The number of hydrogen-bond acceptors (Lipinski definition) is 7. The fraction of sp³-hybridized carbons (Fsp3) is 0.368. The maximum absolute atomic E-state index is 12.0. The summed E-state index contributed by atoms with van der Waals surface area (Å²) in [5.74, 6) is -1.16. The van der Waals surface area contributed by atoms with Gasteiger partial charge in [-0.3, -0.25) is 19.2 Å². The summed E-state index contributed by atoms with van der Waals surface area (Å²) < 4.78 is 4.96. The van der Waals surface area contributed by atoms with Gasteiger partial charge < -0.3 is 10.1 Å². The maximum atomic E-state index is 12.0. The normalized spacial score (nSPS) is 10.4. The summed E-state index contributed by atoms with van der Waals surface area (Å²) in [6.45, 7) is 3.57. The summed E-state index contributed by atoms with van der Waals surface area (Å²) in [6.07, 6.45) is 0.172. The summed E-state index contributed by atoms with van der Waals surface area (Å²) in [4.78, 5) is 49.8. The third kappa shape index (κ3) is 6.73. The molecular weight excluding hydrogens is 386 g/mol. The maximum Gasteiger partial charge on any atom is 0.308 e. The van der Waals surface area contributed by atoms with Crippen LogP contribution in [0.1, 0.15) is 49.0 Å². The summed E-state index contributed by atoms with van der Waals surface area (Å²) >= 11 is 2.87. The van der Waals surface area contributed by atoms with E-state index in [2.05, 4.69) is 5.32 Å². The number of Topliss-reactive ketones (excluding diaryl/α,β-unsaturated/α-hetero) is 2. The summed E-state index contributed by atoms with van der Waals surface area (Å²) in [7, 11) is 0. The standard InChI is InChI=1S/C19H21NO5S2/c1-12-10-14(13(2)27-12)16(22)11-25-19(24)7-8-20-18(23)6-5-15(21)17-4-3-9-26-17/h3-4,9-10H,5-8,11H2,1-2H3,(H,20,23). The molecule has 8 heteroatoms. The van der Waals surface area contributed by atoms with Gasteiger partial charge >= 0.3 is 5.97 Å². The van der Waals surface area contributed by atoms with Crippen molar-refractivity contribution in [3.05, 3.63) is 43.8 Å². The summed E-state index contributed by atoms with van der Waals surface area (Å²) in [5, 5.41) is 4.38. The topological polar surface area (TPSA) is 89.5 Å². The van der Waals surface area contributed by atoms with Gasteiger partial charge in [-0.1, -0.05) is 6.07 Å². The predicted octanol–water partition coefficient (Wildman–Crippen LogP) is 3.32. The van der Waals surface area contributed by atoms with Gasteiger partial charge in [0, 0.05) is 34.7 Å². The van der Waals surface area contributed by atoms with Crippen LogP contribution < -0.4 is 5.32 Å². The van der Waals surface area contributed by atoms with E-state index in [1.807, 2.05) is 19.2 Å². The molecule has 2 aromatic rings. The zero-order chi connectivity index (χ0) is 19.8. The van der Waals surface area contributed by atoms with E-state index >= 15 is 0 Å². The molecule has 0 saturated heterocycles. The molecule has 2 heterocycles. The number of rotatable bonds is 10. The lowest BCUT2D eigenvalue weighted by Crippen LogP contribution is -2.27. The SMILES string of the molecule is Cc1cc(C(=O)COC(=O)CCNC(=O)CCC(=O)c2cccs2)c(C)s1. The number of thiophene rings is 2. The molecule has 0 spiro atoms. The number of carbonyl (C=O) groups excluding carboxylic acids is 4. The molecule has 2 aromatic heterocycles. The van der Waals surface area contributed by atoms with Crippen molar-refractivity contribution in [1.82, 2.24) is 5.32 Å². The van der Waals surface area contributed by atoms with Crippen LogP contribution >= 0.6 is 22.7 Å². The average Bonchev–Trinajstić information content (AvgIpc) is 3.27. The van der Waals surface area contributed by atoms with Crippen molar-refractivity contribution in [3.63, 3.8) is 0 Å². The minimum absolute atomic E-state index is 0.0282. The van der Waals surface area contributed by atoms with E-state index in [0.29, 0.717) is 10.4 Å². The average molecular weight is 408 g/mol. The zero-order valence-electron chi connectivity index (χ0n) is 15.2. The van der Waals surface area contributed by atoms with E-state index < -0.39 is 5.97 Å². The van der Waals surface area contributed by atoms with Crippen molar-refractivity contribution >= 4 is 46.1 Å². The van der Waals surface area contributed by atoms with Crippen LogP contribution in [0, 0.1) is 13.8 Å². The highest BCUT2D eigenvalue weighted by atomic mass is 32.1. The Kier molecular flexibility index (Phi) is 7.87. The molecular formula is C19H21NO5S2. The molecule has 0 radical (unpaired) electrons. The van der Waals surface area contributed by atoms with Crippen LogP contribution in [0.15, 0.2) is 23.6 Å². The van der Waals surface area contributed by atoms with Gasteiger partial charge in [0.2, 0.25) is 11.7 Å². The van der Waals surface area contributed by atoms with Crippen LogP contribution in [0.4, 0.5) is 0 Å². The minimum Gasteiger partial charge on any atom is -0.457 e. The third-order valence-corrected chi connectivity index (χ3v) is 5.61. The van der Waals surface area contributed by atoms with Crippen LogP contribution in [-0.4, -0.2) is 36.6 Å². The molecule has 1 amide bonds. The zero-order valence-corrected chi connectivity index (χ0v) is 16.8. The van der Waals surface area contributed by atoms with Gasteiger partial charge in [0.15, 0.2) is 12.4 Å². The van der Waals surface area contributed by atoms with E-state index in [9.17, 15) is 19.2 Å². The number of aryl methyl sites for hydroxylation is 2. The molecule has 0 aliphatic carbocycles. The van der Waals surface area contributed by atoms with Gasteiger partial charge in [-0.2, -0.15) is 0 Å². The number of nitrogens with one attached hydrogen (secondary N) is 1. The molecule has 0 bridgehead atoms. The Labute approximate surface area is 165 Å². The first-order valence-corrected chi connectivity index (χ1v) is 10.2. The van der Waals surface area contributed by atoms with Gasteiger partial charge in [0.1, 0.15) is 0 Å². The lowest BCUT2D eigenvalue weighted by atomic mass is 10.2. The van der Waals surface area contributed by atoms with Gasteiger partial charge in [-0.15, -0.1) is 22.7 Å². The largest absolute Gasteiger partial charge is 0.457 e. The van der Waals surface area contributed by atoms with Crippen LogP contribution in [0.25, 0.3) is 0 Å². The summed E-state index contributed by atoms with van der Waals surface area (Å²) in [5.41, 5.74) is 0.578. The lowest BCUT2D eigenvalue weighted by Gasteiger charge is -2.06. The second-order valence-corrected chi connectivity index (χ2v) is 8.32. The molecule has 27 heavy (non-hydrogen) atoms. The lowest BCUT2D eigenvalue weighted by molar-refractivity contribution is -0.142. The number of ether oxygens (including phenoxy) is 1. The minimum atomic E-state index is -0.553. The fourth-order valence-electron chi connectivity index (χ4n) is 2.38. The van der Waals surface area contributed by atoms with Crippen molar-refractivity contribution in [2.45, 2.75) is 33.1 Å². The van der Waals surface area contributed by atoms with E-state index in [4.69, 9.17) is 4.74 Å². The predicted molar refractivity (Wildman–Crippen MR) is 105 cm³/mol. The number of hydrogen-bond donors (Lipinski definition) is 1. The Bertz CT molecular complexity index is 823. The quantitative estimate of drug-likeness (QED) is 0.482. The first-order valence-electron chi connectivity index (χ1n) is 8.46.